The van der Waals surface area contributed by atoms with Crippen LogP contribution in [-0.2, 0) is 18.0 Å². The van der Waals surface area contributed by atoms with Crippen molar-refractivity contribution in [3.63, 3.8) is 0 Å². The predicted octanol–water partition coefficient (Wildman–Crippen LogP) is 4.66. The van der Waals surface area contributed by atoms with Gasteiger partial charge in [0.1, 0.15) is 24.7 Å². The van der Waals surface area contributed by atoms with E-state index in [0.29, 0.717) is 24.7 Å². The number of hydrogen-bond acceptors (Lipinski definition) is 5. The quantitative estimate of drug-likeness (QED) is 0.244. The fourth-order valence-electron chi connectivity index (χ4n) is 4.89. The van der Waals surface area contributed by atoms with Gasteiger partial charge in [-0.25, -0.2) is 9.97 Å². The molecule has 0 aliphatic heterocycles. The molecule has 0 aliphatic rings. The Morgan fingerprint density at radius 2 is 1.05 bits per heavy atom. The molecule has 2 aromatic heterocycles. The summed E-state index contributed by atoms with van der Waals surface area (Å²) in [5.74, 6) is 0.230. The summed E-state index contributed by atoms with van der Waals surface area (Å²) in [5.41, 5.74) is 5.35. The summed E-state index contributed by atoms with van der Waals surface area (Å²) in [7, 11) is 0. The van der Waals surface area contributed by atoms with Gasteiger partial charge in [-0.3, -0.25) is 4.79 Å². The Labute approximate surface area is 267 Å². The van der Waals surface area contributed by atoms with Gasteiger partial charge in [0.25, 0.3) is 0 Å². The third kappa shape index (κ3) is 7.15. The molecule has 204 valence electrons. The van der Waals surface area contributed by atoms with Crippen LogP contribution < -0.4 is 39.0 Å². The molecule has 0 bridgehead atoms. The second kappa shape index (κ2) is 13.6. The zero-order valence-corrected chi connectivity index (χ0v) is 25.3. The number of carboxylic acid groups (broad SMARTS) is 1. The van der Waals surface area contributed by atoms with Gasteiger partial charge in [-0.15, -0.1) is 0 Å². The second-order valence-electron chi connectivity index (χ2n) is 9.86. The molecule has 0 fully saturated rings. The van der Waals surface area contributed by atoms with Crippen molar-refractivity contribution in [2.45, 2.75) is 25.6 Å². The number of pyridine rings is 2. The van der Waals surface area contributed by atoms with E-state index in [4.69, 9.17) is 9.47 Å². The number of nitrogens with zero attached hydrogens (tertiary/aromatic N) is 2. The average Bonchev–Trinajstić information content (AvgIpc) is 3.02. The van der Waals surface area contributed by atoms with Crippen molar-refractivity contribution < 1.29 is 50.4 Å². The molecule has 2 heterocycles. The summed E-state index contributed by atoms with van der Waals surface area (Å²) in [6, 6.07) is 39.1. The molecule has 7 heteroatoms. The second-order valence-corrected chi connectivity index (χ2v) is 9.86. The Balaban J connectivity index is 0.00000212. The molecule has 1 N–H and O–H groups in total. The first-order chi connectivity index (χ1) is 20.1. The first-order valence-corrected chi connectivity index (χ1v) is 13.5. The van der Waals surface area contributed by atoms with Gasteiger partial charge in [-0.2, -0.15) is 0 Å². The Morgan fingerprint density at radius 3 is 1.48 bits per heavy atom. The molecule has 0 atom stereocenters. The zero-order chi connectivity index (χ0) is 28.0. The van der Waals surface area contributed by atoms with E-state index in [0.717, 1.165) is 44.3 Å². The van der Waals surface area contributed by atoms with Crippen LogP contribution in [-0.4, -0.2) is 21.0 Å². The fraction of sp³-hybridized carbons (Fsp3) is 0.114. The molecule has 6 rings (SSSR count). The van der Waals surface area contributed by atoms with Crippen LogP contribution in [0.3, 0.4) is 0 Å². The minimum atomic E-state index is -0.861. The Morgan fingerprint density at radius 1 is 0.619 bits per heavy atom. The molecule has 0 unspecified atom stereocenters. The van der Waals surface area contributed by atoms with E-state index in [1.165, 1.54) is 0 Å². The summed E-state index contributed by atoms with van der Waals surface area (Å²) in [6.07, 6.45) is -0.0254. The Hall–Kier alpha value is -4.23. The van der Waals surface area contributed by atoms with Gasteiger partial charge in [0.15, 0.2) is 0 Å². The SMILES string of the molecule is O=C(O)CC(c1ccc(OCc2ccc3ccccc3n2)cc1)c1ccc(OCc2ccc3ccccc3n2)cc1.[H-].[Na+]. The van der Waals surface area contributed by atoms with Gasteiger partial charge in [-0.1, -0.05) is 72.8 Å². The molecule has 0 amide bonds. The number of aliphatic carboxylic acids is 1. The minimum Gasteiger partial charge on any atom is -1.00 e. The maximum absolute atomic E-state index is 11.7. The first-order valence-electron chi connectivity index (χ1n) is 13.5. The largest absolute Gasteiger partial charge is 1.00 e. The van der Waals surface area contributed by atoms with Crippen molar-refractivity contribution in [1.82, 2.24) is 9.97 Å². The molecular weight excluding hydrogens is 535 g/mol. The molecule has 4 aromatic carbocycles. The van der Waals surface area contributed by atoms with E-state index < -0.39 is 5.97 Å². The maximum Gasteiger partial charge on any atom is 1.00 e. The van der Waals surface area contributed by atoms with Gasteiger partial charge >= 0.3 is 35.5 Å². The average molecular weight is 565 g/mol. The number of para-hydroxylation sites is 2. The van der Waals surface area contributed by atoms with Crippen LogP contribution in [0.4, 0.5) is 0 Å². The first kappa shape index (κ1) is 29.3. The molecule has 6 nitrogen and oxygen atoms in total. The van der Waals surface area contributed by atoms with Gasteiger partial charge < -0.3 is 16.0 Å². The van der Waals surface area contributed by atoms with Crippen molar-refractivity contribution in [3.8, 4) is 11.5 Å². The van der Waals surface area contributed by atoms with Crippen LogP contribution in [0.25, 0.3) is 21.8 Å². The Bertz CT molecular complexity index is 1690. The number of rotatable bonds is 10. The van der Waals surface area contributed by atoms with Crippen LogP contribution in [0.15, 0.2) is 121 Å². The molecule has 0 aliphatic carbocycles. The van der Waals surface area contributed by atoms with E-state index in [1.807, 2.05) is 121 Å². The molecule has 0 saturated heterocycles. The van der Waals surface area contributed by atoms with Gasteiger partial charge in [0.2, 0.25) is 0 Å². The van der Waals surface area contributed by atoms with Crippen molar-refractivity contribution in [2.24, 2.45) is 0 Å². The molecule has 0 spiro atoms. The molecule has 42 heavy (non-hydrogen) atoms. The number of carboxylic acids is 1. The summed E-state index contributed by atoms with van der Waals surface area (Å²) < 4.78 is 11.9. The summed E-state index contributed by atoms with van der Waals surface area (Å²) in [6.45, 7) is 0.692. The summed E-state index contributed by atoms with van der Waals surface area (Å²) >= 11 is 0. The van der Waals surface area contributed by atoms with Crippen LogP contribution in [0.2, 0.25) is 0 Å². The van der Waals surface area contributed by atoms with E-state index in [-0.39, 0.29) is 43.3 Å². The molecule has 0 saturated carbocycles. The van der Waals surface area contributed by atoms with Crippen LogP contribution in [0, 0.1) is 0 Å². The van der Waals surface area contributed by atoms with Crippen molar-refractivity contribution in [3.05, 3.63) is 144 Å². The van der Waals surface area contributed by atoms with Gasteiger partial charge in [0, 0.05) is 16.7 Å². The maximum atomic E-state index is 11.7. The van der Waals surface area contributed by atoms with Crippen molar-refractivity contribution >= 4 is 27.8 Å². The third-order valence-corrected chi connectivity index (χ3v) is 7.03. The van der Waals surface area contributed by atoms with Crippen LogP contribution >= 0.6 is 0 Å². The standard InChI is InChI=1S/C35H28N2O4.Na.H/c38-35(39)21-32(24-11-17-30(18-12-24)40-22-28-15-9-26-5-1-3-7-33(26)36-28)25-13-19-31(20-14-25)41-23-29-16-10-27-6-2-4-8-34(27)37-29;;/h1-20,32H,21-23H2,(H,38,39);;/q;+1;-1. The van der Waals surface area contributed by atoms with Crippen molar-refractivity contribution in [1.29, 1.82) is 0 Å². The van der Waals surface area contributed by atoms with Crippen LogP contribution in [0.5, 0.6) is 11.5 Å². The number of hydrogen-bond donors (Lipinski definition) is 1. The van der Waals surface area contributed by atoms with Gasteiger partial charge in [-0.05, 0) is 59.7 Å². The van der Waals surface area contributed by atoms with Gasteiger partial charge in [0.05, 0.1) is 28.8 Å². The third-order valence-electron chi connectivity index (χ3n) is 7.03. The number of ether oxygens (including phenoxy) is 2. The number of benzene rings is 4. The Kier molecular flexibility index (Phi) is 9.49. The van der Waals surface area contributed by atoms with E-state index in [2.05, 4.69) is 9.97 Å². The van der Waals surface area contributed by atoms with E-state index >= 15 is 0 Å². The molecular formula is C35H29N2NaO4. The summed E-state index contributed by atoms with van der Waals surface area (Å²) in [5, 5.41) is 11.8. The monoisotopic (exact) mass is 564 g/mol. The zero-order valence-electron chi connectivity index (χ0n) is 24.3. The predicted molar refractivity (Wildman–Crippen MR) is 160 cm³/mol. The number of carbonyl (C=O) groups is 1. The topological polar surface area (TPSA) is 81.5 Å². The molecule has 6 aromatic rings. The van der Waals surface area contributed by atoms with E-state index in [1.54, 1.807) is 0 Å². The normalized spacial score (nSPS) is 10.9. The van der Waals surface area contributed by atoms with Crippen molar-refractivity contribution in [2.75, 3.05) is 0 Å². The number of aromatic nitrogens is 2. The smallest absolute Gasteiger partial charge is 1.00 e. The summed E-state index contributed by atoms with van der Waals surface area (Å²) in [4.78, 5) is 21.0. The number of fused-ring (bicyclic) bond motifs is 2. The minimum absolute atomic E-state index is 0. The van der Waals surface area contributed by atoms with E-state index in [9.17, 15) is 9.90 Å². The molecule has 0 radical (unpaired) electrons. The van der Waals surface area contributed by atoms with Crippen LogP contribution in [0.1, 0.15) is 36.3 Å². The fourth-order valence-corrected chi connectivity index (χ4v) is 4.89.